The zero-order valence-corrected chi connectivity index (χ0v) is 27.0. The van der Waals surface area contributed by atoms with E-state index in [0.29, 0.717) is 18.0 Å². The number of nitrogens with one attached hydrogen (secondary N) is 5. The van der Waals surface area contributed by atoms with Crippen molar-refractivity contribution in [1.82, 2.24) is 35.9 Å². The predicted molar refractivity (Wildman–Crippen MR) is 173 cm³/mol. The van der Waals surface area contributed by atoms with E-state index in [2.05, 4.69) is 41.2 Å². The molecule has 3 aromatic rings. The molecule has 0 radical (unpaired) electrons. The number of aromatic nitrogens is 4. The number of benzene rings is 1. The van der Waals surface area contributed by atoms with E-state index >= 15 is 0 Å². The second kappa shape index (κ2) is 18.1. The van der Waals surface area contributed by atoms with Crippen LogP contribution in [0.1, 0.15) is 49.7 Å². The Kier molecular flexibility index (Phi) is 14.0. The lowest BCUT2D eigenvalue weighted by atomic mass is 10.1. The number of alkyl carbamates (subject to hydrolysis) is 1. The van der Waals surface area contributed by atoms with Gasteiger partial charge in [0.05, 0.1) is 44.9 Å². The van der Waals surface area contributed by atoms with Crippen molar-refractivity contribution in [2.45, 2.75) is 51.8 Å². The van der Waals surface area contributed by atoms with Crippen LogP contribution in [0.4, 0.5) is 16.4 Å². The second-order valence-electron chi connectivity index (χ2n) is 11.3. The van der Waals surface area contributed by atoms with E-state index in [4.69, 9.17) is 19.9 Å². The van der Waals surface area contributed by atoms with E-state index in [1.165, 1.54) is 18.3 Å². The second-order valence-corrected chi connectivity index (χ2v) is 11.3. The monoisotopic (exact) mass is 671 g/mol. The van der Waals surface area contributed by atoms with Gasteiger partial charge >= 0.3 is 12.1 Å². The standard InChI is InChI=1S/C30H41N9O9/c1-30(2,3)48-29(45)33-11-13-47-15-14-46-12-10-32-22(40)9-8-21(27(43)44)37-25(41)18-4-6-19(7-5-18)34-16-20-17-35-24-23(36-20)26(42)39-28(31)38-24/h4-7,17,21,34H,8-16H2,1-3H3,(H,32,40)(H,33,45)(H,37,41)(H,43,44)(H3,31,35,38,39,42)/t21-/m0/s1. The zero-order valence-electron chi connectivity index (χ0n) is 27.0. The zero-order chi connectivity index (χ0) is 35.1. The lowest BCUT2D eigenvalue weighted by Crippen LogP contribution is -2.41. The number of aliphatic carboxylic acids is 1. The summed E-state index contributed by atoms with van der Waals surface area (Å²) in [6.07, 6.45) is 0.698. The molecule has 0 bridgehead atoms. The number of hydrogen-bond donors (Lipinski definition) is 7. The first-order chi connectivity index (χ1) is 22.8. The molecule has 0 spiro atoms. The fourth-order valence-corrected chi connectivity index (χ4v) is 3.98. The van der Waals surface area contributed by atoms with Gasteiger partial charge in [0, 0.05) is 30.8 Å². The molecule has 0 aliphatic heterocycles. The van der Waals surface area contributed by atoms with Crippen LogP contribution in [0, 0.1) is 0 Å². The van der Waals surface area contributed by atoms with Crippen LogP contribution < -0.4 is 32.6 Å². The number of carboxylic acid groups (broad SMARTS) is 1. The number of H-pyrrole nitrogens is 1. The molecule has 260 valence electrons. The minimum atomic E-state index is -1.28. The van der Waals surface area contributed by atoms with Gasteiger partial charge in [0.1, 0.15) is 11.6 Å². The highest BCUT2D eigenvalue weighted by atomic mass is 16.6. The van der Waals surface area contributed by atoms with Gasteiger partial charge in [-0.3, -0.25) is 19.4 Å². The number of hydrogen-bond acceptors (Lipinski definition) is 13. The summed E-state index contributed by atoms with van der Waals surface area (Å²) in [5.41, 5.74) is 5.94. The predicted octanol–water partition coefficient (Wildman–Crippen LogP) is 0.545. The Hall–Kier alpha value is -5.36. The van der Waals surface area contributed by atoms with Gasteiger partial charge < -0.3 is 46.3 Å². The Bertz CT molecular complexity index is 1610. The molecule has 3 amide bonds. The largest absolute Gasteiger partial charge is 0.480 e. The third kappa shape index (κ3) is 13.2. The maximum absolute atomic E-state index is 12.7. The number of aromatic amines is 1. The Labute approximate surface area is 275 Å². The molecule has 0 aliphatic carbocycles. The maximum Gasteiger partial charge on any atom is 0.407 e. The molecule has 18 heteroatoms. The van der Waals surface area contributed by atoms with Crippen molar-refractivity contribution in [3.05, 3.63) is 52.1 Å². The van der Waals surface area contributed by atoms with Crippen molar-refractivity contribution >= 4 is 46.7 Å². The van der Waals surface area contributed by atoms with Crippen LogP contribution in [-0.2, 0) is 30.3 Å². The fraction of sp³-hybridized carbons (Fsp3) is 0.467. The number of carbonyl (C=O) groups is 4. The lowest BCUT2D eigenvalue weighted by molar-refractivity contribution is -0.139. The van der Waals surface area contributed by atoms with Gasteiger partial charge in [-0.15, -0.1) is 0 Å². The molecular formula is C30H41N9O9. The van der Waals surface area contributed by atoms with E-state index in [0.717, 1.165) is 0 Å². The molecule has 1 aromatic carbocycles. The number of amides is 3. The third-order valence-electron chi connectivity index (χ3n) is 6.23. The average molecular weight is 672 g/mol. The number of nitrogen functional groups attached to an aromatic ring is 1. The highest BCUT2D eigenvalue weighted by Gasteiger charge is 2.22. The number of nitrogens with two attached hydrogens (primary N) is 1. The Morgan fingerprint density at radius 3 is 2.29 bits per heavy atom. The molecule has 0 unspecified atom stereocenters. The number of anilines is 2. The van der Waals surface area contributed by atoms with Crippen molar-refractivity contribution in [2.24, 2.45) is 0 Å². The van der Waals surface area contributed by atoms with Crippen molar-refractivity contribution in [1.29, 1.82) is 0 Å². The van der Waals surface area contributed by atoms with Crippen LogP contribution in [0.3, 0.4) is 0 Å². The number of carbonyl (C=O) groups excluding carboxylic acids is 3. The maximum atomic E-state index is 12.7. The lowest BCUT2D eigenvalue weighted by Gasteiger charge is -2.19. The Morgan fingerprint density at radius 1 is 0.979 bits per heavy atom. The molecule has 48 heavy (non-hydrogen) atoms. The van der Waals surface area contributed by atoms with Gasteiger partial charge in [0.25, 0.3) is 11.5 Å². The summed E-state index contributed by atoms with van der Waals surface area (Å²) in [5.74, 6) is -2.33. The normalized spacial score (nSPS) is 11.8. The number of fused-ring (bicyclic) bond motifs is 1. The molecule has 2 heterocycles. The van der Waals surface area contributed by atoms with Crippen molar-refractivity contribution in [3.63, 3.8) is 0 Å². The first-order valence-corrected chi connectivity index (χ1v) is 15.1. The molecule has 2 aromatic heterocycles. The molecule has 18 nitrogen and oxygen atoms in total. The van der Waals surface area contributed by atoms with Gasteiger partial charge in [-0.2, -0.15) is 4.98 Å². The van der Waals surface area contributed by atoms with Gasteiger partial charge in [0.15, 0.2) is 11.2 Å². The number of carboxylic acids is 1. The SMILES string of the molecule is CC(C)(C)OC(=O)NCCOCCOCCNC(=O)CC[C@H](NC(=O)c1ccc(NCc2cnc3nc(N)[nH]c(=O)c3n2)cc1)C(=O)O. The van der Waals surface area contributed by atoms with Crippen LogP contribution in [0.2, 0.25) is 0 Å². The first kappa shape index (κ1) is 37.1. The van der Waals surface area contributed by atoms with E-state index in [1.54, 1.807) is 32.9 Å². The van der Waals surface area contributed by atoms with Gasteiger partial charge in [-0.25, -0.2) is 19.6 Å². The van der Waals surface area contributed by atoms with Crippen molar-refractivity contribution in [3.8, 4) is 0 Å². The first-order valence-electron chi connectivity index (χ1n) is 15.1. The quantitative estimate of drug-likeness (QED) is 0.0911. The Morgan fingerprint density at radius 2 is 1.65 bits per heavy atom. The van der Waals surface area contributed by atoms with E-state index in [1.807, 2.05) is 0 Å². The summed E-state index contributed by atoms with van der Waals surface area (Å²) in [6.45, 7) is 7.11. The van der Waals surface area contributed by atoms with Crippen LogP contribution >= 0.6 is 0 Å². The summed E-state index contributed by atoms with van der Waals surface area (Å²) in [5, 5.41) is 20.3. The molecule has 1 atom stereocenters. The summed E-state index contributed by atoms with van der Waals surface area (Å²) < 4.78 is 15.8. The summed E-state index contributed by atoms with van der Waals surface area (Å²) in [4.78, 5) is 74.8. The molecule has 0 aliphatic rings. The smallest absolute Gasteiger partial charge is 0.407 e. The summed E-state index contributed by atoms with van der Waals surface area (Å²) in [6, 6.07) is 5.00. The molecule has 0 saturated carbocycles. The number of ether oxygens (including phenoxy) is 3. The topological polar surface area (TPSA) is 262 Å². The average Bonchev–Trinajstić information content (AvgIpc) is 3.02. The highest BCUT2D eigenvalue weighted by Crippen LogP contribution is 2.12. The third-order valence-corrected chi connectivity index (χ3v) is 6.23. The number of rotatable bonds is 18. The van der Waals surface area contributed by atoms with E-state index in [-0.39, 0.29) is 80.9 Å². The van der Waals surface area contributed by atoms with E-state index in [9.17, 15) is 29.1 Å². The minimum Gasteiger partial charge on any atom is -0.480 e. The Balaban J connectivity index is 1.30. The van der Waals surface area contributed by atoms with Crippen molar-refractivity contribution < 1.29 is 38.5 Å². The van der Waals surface area contributed by atoms with E-state index < -0.39 is 35.2 Å². The summed E-state index contributed by atoms with van der Waals surface area (Å²) >= 11 is 0. The number of nitrogens with zero attached hydrogens (tertiary/aromatic N) is 3. The summed E-state index contributed by atoms with van der Waals surface area (Å²) in [7, 11) is 0. The van der Waals surface area contributed by atoms with Gasteiger partial charge in [-0.1, -0.05) is 0 Å². The molecule has 3 rings (SSSR count). The van der Waals surface area contributed by atoms with Gasteiger partial charge in [0.2, 0.25) is 11.9 Å². The van der Waals surface area contributed by atoms with Crippen LogP contribution in [0.5, 0.6) is 0 Å². The van der Waals surface area contributed by atoms with Crippen LogP contribution in [-0.4, -0.2) is 100 Å². The fourth-order valence-electron chi connectivity index (χ4n) is 3.98. The van der Waals surface area contributed by atoms with Gasteiger partial charge in [-0.05, 0) is 51.5 Å². The van der Waals surface area contributed by atoms with Crippen LogP contribution in [0.15, 0.2) is 35.3 Å². The van der Waals surface area contributed by atoms with Crippen molar-refractivity contribution in [2.75, 3.05) is 50.6 Å². The molecule has 0 fully saturated rings. The minimum absolute atomic E-state index is 0.0523. The highest BCUT2D eigenvalue weighted by molar-refractivity contribution is 5.97. The van der Waals surface area contributed by atoms with Crippen LogP contribution in [0.25, 0.3) is 11.2 Å². The molecular weight excluding hydrogens is 630 g/mol. The molecule has 8 N–H and O–H groups in total. The molecule has 0 saturated heterocycles.